The summed E-state index contributed by atoms with van der Waals surface area (Å²) in [5.74, 6) is -4.12. The van der Waals surface area contributed by atoms with Gasteiger partial charge in [-0.1, -0.05) is 0 Å². The molecule has 0 aromatic heterocycles. The summed E-state index contributed by atoms with van der Waals surface area (Å²) in [5, 5.41) is 8.14. The van der Waals surface area contributed by atoms with E-state index in [1.165, 1.54) is 0 Å². The van der Waals surface area contributed by atoms with E-state index in [-0.39, 0.29) is 0 Å². The summed E-state index contributed by atoms with van der Waals surface area (Å²) in [7, 11) is 0. The monoisotopic (exact) mass is 202 g/mol. The number of rotatable bonds is 3. The number of carbonyl (C=O) groups is 1. The van der Waals surface area contributed by atoms with Crippen LogP contribution >= 0.6 is 0 Å². The zero-order valence-corrected chi connectivity index (χ0v) is 7.15. The van der Waals surface area contributed by atoms with Crippen molar-refractivity contribution in [3.63, 3.8) is 0 Å². The molecule has 0 bridgehead atoms. The maximum atomic E-state index is 12.9. The largest absolute Gasteiger partial charge is 0.481 e. The van der Waals surface area contributed by atoms with Gasteiger partial charge in [0.2, 0.25) is 0 Å². The number of carboxylic acids is 1. The summed E-state index contributed by atoms with van der Waals surface area (Å²) in [4.78, 5) is 10.0. The summed E-state index contributed by atoms with van der Waals surface area (Å²) < 4.78 is 49.1. The van der Waals surface area contributed by atoms with Gasteiger partial charge in [0.15, 0.2) is 0 Å². The van der Waals surface area contributed by atoms with Crippen molar-refractivity contribution in [2.24, 2.45) is 5.92 Å². The number of carboxylic acid groups (broad SMARTS) is 1. The Morgan fingerprint density at radius 2 is 1.69 bits per heavy atom. The van der Waals surface area contributed by atoms with Crippen molar-refractivity contribution in [1.29, 1.82) is 0 Å². The van der Waals surface area contributed by atoms with Crippen molar-refractivity contribution in [2.75, 3.05) is 0 Å². The van der Waals surface area contributed by atoms with Gasteiger partial charge in [0.25, 0.3) is 0 Å². The highest BCUT2D eigenvalue weighted by molar-refractivity contribution is 5.67. The van der Waals surface area contributed by atoms with Gasteiger partial charge in [-0.25, -0.2) is 4.39 Å². The Hall–Kier alpha value is -0.810. The van der Waals surface area contributed by atoms with Crippen LogP contribution in [0.5, 0.6) is 0 Å². The van der Waals surface area contributed by atoms with Crippen LogP contribution in [0.15, 0.2) is 0 Å². The first-order valence-corrected chi connectivity index (χ1v) is 3.52. The van der Waals surface area contributed by atoms with Crippen LogP contribution in [0.4, 0.5) is 17.6 Å². The van der Waals surface area contributed by atoms with Gasteiger partial charge < -0.3 is 5.11 Å². The molecule has 0 saturated heterocycles. The third-order valence-corrected chi connectivity index (χ3v) is 1.60. The van der Waals surface area contributed by atoms with Gasteiger partial charge in [0.1, 0.15) is 5.67 Å². The second-order valence-corrected chi connectivity index (χ2v) is 3.26. The minimum Gasteiger partial charge on any atom is -0.481 e. The van der Waals surface area contributed by atoms with Crippen molar-refractivity contribution < 1.29 is 27.5 Å². The second kappa shape index (κ2) is 3.51. The average molecular weight is 202 g/mol. The number of hydrogen-bond donors (Lipinski definition) is 1. The van der Waals surface area contributed by atoms with Crippen LogP contribution in [0.3, 0.4) is 0 Å². The molecule has 0 aliphatic rings. The van der Waals surface area contributed by atoms with Crippen LogP contribution < -0.4 is 0 Å². The summed E-state index contributed by atoms with van der Waals surface area (Å²) in [6.45, 7) is 1.43. The number of hydrogen-bond acceptors (Lipinski definition) is 1. The molecule has 1 N–H and O–H groups in total. The van der Waals surface area contributed by atoms with E-state index >= 15 is 0 Å². The van der Waals surface area contributed by atoms with Crippen LogP contribution in [0.1, 0.15) is 20.3 Å². The number of aliphatic carboxylic acids is 1. The molecule has 0 aliphatic carbocycles. The quantitative estimate of drug-likeness (QED) is 0.713. The van der Waals surface area contributed by atoms with E-state index in [9.17, 15) is 22.4 Å². The predicted octanol–water partition coefficient (Wildman–Crippen LogP) is 2.39. The normalized spacial score (nSPS) is 15.5. The molecule has 78 valence electrons. The molecule has 0 spiro atoms. The number of halogens is 4. The van der Waals surface area contributed by atoms with E-state index in [1.807, 2.05) is 0 Å². The van der Waals surface area contributed by atoms with E-state index in [0.29, 0.717) is 13.8 Å². The Morgan fingerprint density at radius 1 is 1.31 bits per heavy atom. The van der Waals surface area contributed by atoms with Gasteiger partial charge in [-0.3, -0.25) is 4.79 Å². The summed E-state index contributed by atoms with van der Waals surface area (Å²) in [5.41, 5.74) is -2.57. The Kier molecular flexibility index (Phi) is 3.29. The van der Waals surface area contributed by atoms with Crippen LogP contribution in [0.25, 0.3) is 0 Å². The lowest BCUT2D eigenvalue weighted by Gasteiger charge is -2.27. The average Bonchev–Trinajstić information content (AvgIpc) is 1.77. The third-order valence-electron chi connectivity index (χ3n) is 1.60. The number of alkyl halides is 4. The minimum absolute atomic E-state index is 0.716. The van der Waals surface area contributed by atoms with E-state index < -0.39 is 30.2 Å². The standard InChI is InChI=1S/C7H10F4O2/c1-6(2,8)4(3-5(12)13)7(9,10)11/h4H,3H2,1-2H3,(H,12,13). The molecular formula is C7H10F4O2. The smallest absolute Gasteiger partial charge is 0.395 e. The fraction of sp³-hybridized carbons (Fsp3) is 0.857. The molecule has 0 rings (SSSR count). The Labute approximate surface area is 72.5 Å². The minimum atomic E-state index is -4.82. The van der Waals surface area contributed by atoms with Crippen molar-refractivity contribution in [3.05, 3.63) is 0 Å². The lowest BCUT2D eigenvalue weighted by molar-refractivity contribution is -0.210. The van der Waals surface area contributed by atoms with Gasteiger partial charge in [0.05, 0.1) is 12.3 Å². The molecule has 1 atom stereocenters. The molecule has 0 radical (unpaired) electrons. The first-order chi connectivity index (χ1) is 5.55. The summed E-state index contributed by atoms with van der Waals surface area (Å²) in [6, 6.07) is 0. The Balaban J connectivity index is 4.68. The highest BCUT2D eigenvalue weighted by atomic mass is 19.4. The van der Waals surface area contributed by atoms with Gasteiger partial charge in [-0.2, -0.15) is 13.2 Å². The van der Waals surface area contributed by atoms with E-state index in [2.05, 4.69) is 0 Å². The summed E-state index contributed by atoms with van der Waals surface area (Å²) in [6.07, 6.45) is -6.07. The zero-order chi connectivity index (χ0) is 10.9. The molecule has 6 heteroatoms. The van der Waals surface area contributed by atoms with E-state index in [1.54, 1.807) is 0 Å². The van der Waals surface area contributed by atoms with E-state index in [4.69, 9.17) is 5.11 Å². The molecule has 0 amide bonds. The molecule has 0 heterocycles. The maximum absolute atomic E-state index is 12.9. The molecule has 0 saturated carbocycles. The topological polar surface area (TPSA) is 37.3 Å². The molecule has 0 aliphatic heterocycles. The van der Waals surface area contributed by atoms with Gasteiger partial charge >= 0.3 is 12.1 Å². The van der Waals surface area contributed by atoms with Crippen molar-refractivity contribution >= 4 is 5.97 Å². The first kappa shape index (κ1) is 12.2. The second-order valence-electron chi connectivity index (χ2n) is 3.26. The summed E-state index contributed by atoms with van der Waals surface area (Å²) >= 11 is 0. The van der Waals surface area contributed by atoms with Crippen LogP contribution in [-0.4, -0.2) is 22.9 Å². The van der Waals surface area contributed by atoms with E-state index in [0.717, 1.165) is 0 Å². The van der Waals surface area contributed by atoms with Crippen LogP contribution in [-0.2, 0) is 4.79 Å². The van der Waals surface area contributed by atoms with Gasteiger partial charge in [-0.05, 0) is 13.8 Å². The van der Waals surface area contributed by atoms with Crippen molar-refractivity contribution in [2.45, 2.75) is 32.1 Å². The molecule has 0 fully saturated rings. The van der Waals surface area contributed by atoms with Crippen molar-refractivity contribution in [1.82, 2.24) is 0 Å². The van der Waals surface area contributed by atoms with Crippen molar-refractivity contribution in [3.8, 4) is 0 Å². The van der Waals surface area contributed by atoms with Gasteiger partial charge in [-0.15, -0.1) is 0 Å². The fourth-order valence-electron chi connectivity index (χ4n) is 0.922. The van der Waals surface area contributed by atoms with Crippen LogP contribution in [0, 0.1) is 5.92 Å². The zero-order valence-electron chi connectivity index (χ0n) is 7.15. The lowest BCUT2D eigenvalue weighted by Crippen LogP contribution is -2.39. The predicted molar refractivity (Wildman–Crippen MR) is 37.0 cm³/mol. The Morgan fingerprint density at radius 3 is 1.77 bits per heavy atom. The fourth-order valence-corrected chi connectivity index (χ4v) is 0.922. The first-order valence-electron chi connectivity index (χ1n) is 3.52. The molecule has 2 nitrogen and oxygen atoms in total. The molecule has 0 aromatic carbocycles. The highest BCUT2D eigenvalue weighted by Crippen LogP contribution is 2.38. The Bertz CT molecular complexity index is 178. The molecule has 1 unspecified atom stereocenters. The van der Waals surface area contributed by atoms with Crippen LogP contribution in [0.2, 0.25) is 0 Å². The van der Waals surface area contributed by atoms with Gasteiger partial charge in [0, 0.05) is 0 Å². The third kappa shape index (κ3) is 4.10. The SMILES string of the molecule is CC(C)(F)C(CC(=O)O)C(F)(F)F. The maximum Gasteiger partial charge on any atom is 0.395 e. The molecule has 13 heavy (non-hydrogen) atoms. The lowest BCUT2D eigenvalue weighted by atomic mass is 9.89. The highest BCUT2D eigenvalue weighted by Gasteiger charge is 2.50. The molecule has 0 aromatic rings. The molecular weight excluding hydrogens is 192 g/mol.